The summed E-state index contributed by atoms with van der Waals surface area (Å²) in [6.07, 6.45) is 4.20. The van der Waals surface area contributed by atoms with Crippen molar-refractivity contribution in [3.8, 4) is 0 Å². The number of nitrogens with zero attached hydrogens (tertiary/aromatic N) is 3. The number of carbonyl (C=O) groups excluding carboxylic acids is 1. The van der Waals surface area contributed by atoms with Gasteiger partial charge in [0.2, 0.25) is 0 Å². The predicted molar refractivity (Wildman–Crippen MR) is 102 cm³/mol. The average molecular weight is 410 g/mol. The molecule has 0 spiro atoms. The van der Waals surface area contributed by atoms with Gasteiger partial charge in [0, 0.05) is 42.1 Å². The molecule has 3 N–H and O–H groups in total. The van der Waals surface area contributed by atoms with Gasteiger partial charge in [-0.3, -0.25) is 4.99 Å². The normalized spacial score (nSPS) is 19.1. The number of carbonyl (C=O) groups is 1. The third-order valence-electron chi connectivity index (χ3n) is 4.38. The summed E-state index contributed by atoms with van der Waals surface area (Å²) in [6, 6.07) is 0. The van der Waals surface area contributed by atoms with Crippen LogP contribution in [-0.4, -0.2) is 60.8 Å². The summed E-state index contributed by atoms with van der Waals surface area (Å²) in [5.41, 5.74) is 1.70. The highest BCUT2D eigenvalue weighted by Crippen LogP contribution is 2.34. The number of alkyl halides is 2. The number of amidine groups is 1. The lowest BCUT2D eigenvalue weighted by molar-refractivity contribution is 0.125. The smallest absolute Gasteiger partial charge is 0.406 e. The Kier molecular flexibility index (Phi) is 6.34. The maximum atomic E-state index is 12.3. The lowest BCUT2D eigenvalue weighted by atomic mass is 10.0. The molecule has 2 aliphatic rings. The molecule has 1 atom stereocenters. The van der Waals surface area contributed by atoms with Gasteiger partial charge in [-0.25, -0.2) is 9.78 Å². The zero-order valence-corrected chi connectivity index (χ0v) is 15.9. The van der Waals surface area contributed by atoms with Gasteiger partial charge in [-0.1, -0.05) is 0 Å². The summed E-state index contributed by atoms with van der Waals surface area (Å²) in [5.74, 6) is 0.833. The van der Waals surface area contributed by atoms with Crippen LogP contribution in [0.15, 0.2) is 40.1 Å². The van der Waals surface area contributed by atoms with E-state index in [2.05, 4.69) is 20.0 Å². The second-order valence-electron chi connectivity index (χ2n) is 6.17. The summed E-state index contributed by atoms with van der Waals surface area (Å²) in [7, 11) is 1.31. The van der Waals surface area contributed by atoms with E-state index in [1.165, 1.54) is 24.5 Å². The quantitative estimate of drug-likeness (QED) is 0.472. The van der Waals surface area contributed by atoms with Crippen LogP contribution in [0.25, 0.3) is 0 Å². The number of rotatable bonds is 7. The van der Waals surface area contributed by atoms with Gasteiger partial charge in [0.15, 0.2) is 10.8 Å². The molecule has 0 bridgehead atoms. The Balaban J connectivity index is 1.81. The van der Waals surface area contributed by atoms with Crippen molar-refractivity contribution in [3.05, 3.63) is 40.1 Å². The molecule has 3 rings (SSSR count). The molecule has 1 saturated heterocycles. The number of thiazole rings is 1. The summed E-state index contributed by atoms with van der Waals surface area (Å²) >= 11 is 1.47. The third-order valence-corrected chi connectivity index (χ3v) is 5.15. The molecule has 0 aliphatic carbocycles. The molecule has 3 heterocycles. The van der Waals surface area contributed by atoms with E-state index in [0.29, 0.717) is 25.1 Å². The largest absolute Gasteiger partial charge is 0.453 e. The maximum absolute atomic E-state index is 12.3. The second kappa shape index (κ2) is 8.91. The van der Waals surface area contributed by atoms with Crippen LogP contribution in [0.5, 0.6) is 0 Å². The zero-order valence-electron chi connectivity index (χ0n) is 15.1. The van der Waals surface area contributed by atoms with Crippen molar-refractivity contribution in [1.29, 1.82) is 5.41 Å². The van der Waals surface area contributed by atoms with E-state index in [0.717, 1.165) is 22.7 Å². The minimum Gasteiger partial charge on any atom is -0.453 e. The Bertz CT molecular complexity index is 822. The maximum Gasteiger partial charge on any atom is 0.406 e. The standard InChI is InChI=1S/C17H20F2N6O2S/c1-27-17(26)24-7-10-6-13-11(12(20)2-3-22-16(18)19)8-23-14(25(13)9-10)15-21-4-5-28-15/h2-5,10,16,20,22H,6-9H2,1H3,(H,24,26)/b3-2-,20-12?. The van der Waals surface area contributed by atoms with Crippen LogP contribution in [0.2, 0.25) is 0 Å². The first-order chi connectivity index (χ1) is 13.5. The van der Waals surface area contributed by atoms with Crippen molar-refractivity contribution in [3.63, 3.8) is 0 Å². The molecule has 0 aromatic carbocycles. The lowest BCUT2D eigenvalue weighted by Crippen LogP contribution is -2.35. The number of amides is 1. The third kappa shape index (κ3) is 4.53. The first-order valence-corrected chi connectivity index (χ1v) is 9.43. The summed E-state index contributed by atoms with van der Waals surface area (Å²) in [5, 5.41) is 15.5. The molecule has 1 unspecified atom stereocenters. The van der Waals surface area contributed by atoms with Crippen molar-refractivity contribution >= 4 is 29.0 Å². The molecule has 28 heavy (non-hydrogen) atoms. The van der Waals surface area contributed by atoms with E-state index >= 15 is 0 Å². The number of aliphatic imine (C=N–C) groups is 1. The van der Waals surface area contributed by atoms with Crippen LogP contribution in [0.1, 0.15) is 11.4 Å². The molecule has 8 nitrogen and oxygen atoms in total. The number of nitrogens with one attached hydrogen (secondary N) is 3. The van der Waals surface area contributed by atoms with Crippen molar-refractivity contribution in [2.45, 2.75) is 13.0 Å². The molecule has 1 fully saturated rings. The van der Waals surface area contributed by atoms with Gasteiger partial charge < -0.3 is 25.7 Å². The van der Waals surface area contributed by atoms with Gasteiger partial charge >= 0.3 is 12.6 Å². The van der Waals surface area contributed by atoms with Gasteiger partial charge in [-0.2, -0.15) is 8.78 Å². The highest BCUT2D eigenvalue weighted by atomic mass is 32.1. The summed E-state index contributed by atoms with van der Waals surface area (Å²) in [4.78, 5) is 22.3. The monoisotopic (exact) mass is 410 g/mol. The van der Waals surface area contributed by atoms with Crippen molar-refractivity contribution in [2.24, 2.45) is 10.9 Å². The fourth-order valence-corrected chi connectivity index (χ4v) is 3.80. The molecular formula is C17H20F2N6O2S. The molecule has 1 amide bonds. The Morgan fingerprint density at radius 3 is 3.07 bits per heavy atom. The van der Waals surface area contributed by atoms with E-state index in [-0.39, 0.29) is 18.2 Å². The number of hydrogen-bond acceptors (Lipinski definition) is 8. The summed E-state index contributed by atoms with van der Waals surface area (Å²) < 4.78 is 29.1. The summed E-state index contributed by atoms with van der Waals surface area (Å²) in [6.45, 7) is -1.39. The number of methoxy groups -OCH3 is 1. The van der Waals surface area contributed by atoms with Crippen LogP contribution in [0.4, 0.5) is 13.6 Å². The van der Waals surface area contributed by atoms with Gasteiger partial charge in [0.1, 0.15) is 0 Å². The minimum atomic E-state index is -2.68. The predicted octanol–water partition coefficient (Wildman–Crippen LogP) is 2.18. The van der Waals surface area contributed by atoms with E-state index in [9.17, 15) is 13.6 Å². The molecule has 11 heteroatoms. The number of hydrogen-bond donors (Lipinski definition) is 3. The van der Waals surface area contributed by atoms with E-state index < -0.39 is 12.6 Å². The van der Waals surface area contributed by atoms with Crippen LogP contribution >= 0.6 is 11.3 Å². The van der Waals surface area contributed by atoms with Gasteiger partial charge in [-0.05, 0) is 18.4 Å². The highest BCUT2D eigenvalue weighted by Gasteiger charge is 2.36. The second-order valence-corrected chi connectivity index (χ2v) is 7.06. The van der Waals surface area contributed by atoms with Gasteiger partial charge in [-0.15, -0.1) is 11.3 Å². The molecule has 1 aromatic heterocycles. The number of fused-ring (bicyclic) bond motifs is 1. The molecule has 2 aliphatic heterocycles. The number of halogens is 2. The van der Waals surface area contributed by atoms with E-state index in [1.54, 1.807) is 6.20 Å². The van der Waals surface area contributed by atoms with E-state index in [4.69, 9.17) is 5.41 Å². The fourth-order valence-electron chi connectivity index (χ4n) is 3.15. The Labute approximate surface area is 164 Å². The minimum absolute atomic E-state index is 0.100. The Morgan fingerprint density at radius 2 is 2.39 bits per heavy atom. The van der Waals surface area contributed by atoms with Crippen molar-refractivity contribution < 1.29 is 18.3 Å². The fraction of sp³-hybridized carbons (Fsp3) is 0.412. The molecule has 1 aromatic rings. The number of alkyl carbamates (subject to hydrolysis) is 1. The molecule has 0 saturated carbocycles. The van der Waals surface area contributed by atoms with Crippen LogP contribution in [0.3, 0.4) is 0 Å². The van der Waals surface area contributed by atoms with Gasteiger partial charge in [0.05, 0.1) is 19.4 Å². The number of allylic oxidation sites excluding steroid dienone is 2. The van der Waals surface area contributed by atoms with Crippen LogP contribution < -0.4 is 10.6 Å². The first kappa shape index (κ1) is 19.9. The molecule has 150 valence electrons. The van der Waals surface area contributed by atoms with Crippen molar-refractivity contribution in [1.82, 2.24) is 20.5 Å². The zero-order chi connectivity index (χ0) is 20.1. The SMILES string of the molecule is COC(=O)NCC1CC2=C(C(=N)/C=C\NC(F)F)CN=C(c3nccs3)N2C1. The topological polar surface area (TPSA) is 103 Å². The number of ether oxygens (including phenoxy) is 1. The molecule has 0 radical (unpaired) electrons. The average Bonchev–Trinajstić information content (AvgIpc) is 3.34. The van der Waals surface area contributed by atoms with E-state index in [1.807, 2.05) is 15.6 Å². The Morgan fingerprint density at radius 1 is 1.57 bits per heavy atom. The van der Waals surface area contributed by atoms with Crippen LogP contribution in [-0.2, 0) is 4.74 Å². The van der Waals surface area contributed by atoms with Crippen LogP contribution in [0, 0.1) is 11.3 Å². The Hall–Kier alpha value is -2.82. The van der Waals surface area contributed by atoms with Gasteiger partial charge in [0.25, 0.3) is 0 Å². The van der Waals surface area contributed by atoms with Crippen molar-refractivity contribution in [2.75, 3.05) is 26.7 Å². The lowest BCUT2D eigenvalue weighted by Gasteiger charge is -2.27. The highest BCUT2D eigenvalue weighted by molar-refractivity contribution is 7.11. The number of aromatic nitrogens is 1. The molecular weight excluding hydrogens is 390 g/mol. The first-order valence-electron chi connectivity index (χ1n) is 8.55.